The third-order valence-corrected chi connectivity index (χ3v) is 5.40. The Balaban J connectivity index is 1.63. The molecule has 1 N–H and O–H groups in total. The highest BCUT2D eigenvalue weighted by molar-refractivity contribution is 6.30. The number of carbonyl (C=O) groups is 1. The molecule has 31 heavy (non-hydrogen) atoms. The maximum atomic E-state index is 13.0. The number of nitrogens with one attached hydrogen (secondary N) is 1. The van der Waals surface area contributed by atoms with E-state index in [1.807, 2.05) is 0 Å². The van der Waals surface area contributed by atoms with Gasteiger partial charge in [-0.25, -0.2) is 4.98 Å². The first-order chi connectivity index (χ1) is 15.0. The highest BCUT2D eigenvalue weighted by atomic mass is 35.5. The van der Waals surface area contributed by atoms with Crippen molar-refractivity contribution >= 4 is 28.6 Å². The van der Waals surface area contributed by atoms with Crippen molar-refractivity contribution < 1.29 is 9.32 Å². The number of fused-ring (bicyclic) bond motifs is 1. The average molecular weight is 446 g/mol. The smallest absolute Gasteiger partial charge is 0.267 e. The molecule has 2 heterocycles. The third-order valence-electron chi connectivity index (χ3n) is 5.14. The number of aromatic nitrogens is 3. The lowest BCUT2D eigenvalue weighted by molar-refractivity contribution is -0.121. The standard InChI is InChI=1S/C22H28ClN5O3/c1-3-5-12-27(4-2)13-6-11-24-18(29)14-28-15-25-21-19(22(28)30)20(26-31-21)16-7-9-17(23)10-8-16/h7-10,15H,3-6,11-14H2,1-2H3,(H,24,29). The minimum absolute atomic E-state index is 0.111. The lowest BCUT2D eigenvalue weighted by Gasteiger charge is -2.19. The van der Waals surface area contributed by atoms with Crippen LogP contribution in [0.1, 0.15) is 33.1 Å². The van der Waals surface area contributed by atoms with Crippen LogP contribution in [0.25, 0.3) is 22.4 Å². The molecule has 3 rings (SSSR count). The number of rotatable bonds is 11. The van der Waals surface area contributed by atoms with Gasteiger partial charge in [0.25, 0.3) is 11.3 Å². The topological polar surface area (TPSA) is 93.3 Å². The number of amides is 1. The van der Waals surface area contributed by atoms with Crippen molar-refractivity contribution in [2.24, 2.45) is 0 Å². The molecule has 0 unspecified atom stereocenters. The van der Waals surface area contributed by atoms with E-state index >= 15 is 0 Å². The quantitative estimate of drug-likeness (QED) is 0.455. The Morgan fingerprint density at radius 1 is 1.19 bits per heavy atom. The fourth-order valence-corrected chi connectivity index (χ4v) is 3.47. The van der Waals surface area contributed by atoms with Crippen LogP contribution in [0.15, 0.2) is 39.9 Å². The Bertz CT molecular complexity index is 1060. The van der Waals surface area contributed by atoms with E-state index in [0.717, 1.165) is 26.1 Å². The van der Waals surface area contributed by atoms with Gasteiger partial charge < -0.3 is 14.7 Å². The molecule has 0 saturated carbocycles. The molecule has 0 atom stereocenters. The molecular formula is C22H28ClN5O3. The van der Waals surface area contributed by atoms with E-state index in [1.165, 1.54) is 23.7 Å². The van der Waals surface area contributed by atoms with Crippen molar-refractivity contribution in [3.63, 3.8) is 0 Å². The van der Waals surface area contributed by atoms with E-state index in [-0.39, 0.29) is 29.1 Å². The molecule has 0 fully saturated rings. The first kappa shape index (κ1) is 23.0. The van der Waals surface area contributed by atoms with Crippen LogP contribution in [-0.4, -0.2) is 51.7 Å². The van der Waals surface area contributed by atoms with Gasteiger partial charge in [0.05, 0.1) is 0 Å². The van der Waals surface area contributed by atoms with Crippen molar-refractivity contribution in [3.8, 4) is 11.3 Å². The summed E-state index contributed by atoms with van der Waals surface area (Å²) >= 11 is 5.94. The van der Waals surface area contributed by atoms with Gasteiger partial charge in [0, 0.05) is 17.1 Å². The first-order valence-electron chi connectivity index (χ1n) is 10.6. The van der Waals surface area contributed by atoms with Gasteiger partial charge in [-0.3, -0.25) is 14.2 Å². The number of nitrogens with zero attached hydrogens (tertiary/aromatic N) is 4. The molecular weight excluding hydrogens is 418 g/mol. The van der Waals surface area contributed by atoms with Crippen molar-refractivity contribution in [2.75, 3.05) is 26.2 Å². The molecule has 9 heteroatoms. The summed E-state index contributed by atoms with van der Waals surface area (Å²) in [5, 5.41) is 7.69. The molecule has 1 aromatic carbocycles. The van der Waals surface area contributed by atoms with Crippen molar-refractivity contribution in [3.05, 3.63) is 46.0 Å². The normalized spacial score (nSPS) is 11.4. The Kier molecular flexibility index (Phi) is 8.20. The number of hydrogen-bond acceptors (Lipinski definition) is 6. The van der Waals surface area contributed by atoms with E-state index in [9.17, 15) is 9.59 Å². The number of carbonyl (C=O) groups excluding carboxylic acids is 1. The second-order valence-electron chi connectivity index (χ2n) is 7.39. The zero-order valence-corrected chi connectivity index (χ0v) is 18.7. The Morgan fingerprint density at radius 2 is 1.94 bits per heavy atom. The summed E-state index contributed by atoms with van der Waals surface area (Å²) in [5.41, 5.74) is 0.833. The SMILES string of the molecule is CCCCN(CC)CCCNC(=O)Cn1cnc2onc(-c3ccc(Cl)cc3)c2c1=O. The summed E-state index contributed by atoms with van der Waals surface area (Å²) in [6.07, 6.45) is 4.53. The molecule has 0 aliphatic carbocycles. The largest absolute Gasteiger partial charge is 0.354 e. The van der Waals surface area contributed by atoms with Crippen LogP contribution in [0.4, 0.5) is 0 Å². The minimum atomic E-state index is -0.372. The Morgan fingerprint density at radius 3 is 2.65 bits per heavy atom. The number of hydrogen-bond donors (Lipinski definition) is 1. The first-order valence-corrected chi connectivity index (χ1v) is 11.0. The summed E-state index contributed by atoms with van der Waals surface area (Å²) in [5.74, 6) is -0.232. The lowest BCUT2D eigenvalue weighted by Crippen LogP contribution is -2.34. The highest BCUT2D eigenvalue weighted by Gasteiger charge is 2.18. The molecule has 1 amide bonds. The summed E-state index contributed by atoms with van der Waals surface area (Å²) in [7, 11) is 0. The van der Waals surface area contributed by atoms with E-state index in [0.29, 0.717) is 22.8 Å². The summed E-state index contributed by atoms with van der Waals surface area (Å²) < 4.78 is 6.47. The molecule has 0 saturated heterocycles. The summed E-state index contributed by atoms with van der Waals surface area (Å²) in [6.45, 7) is 7.80. The predicted molar refractivity (Wildman–Crippen MR) is 121 cm³/mol. The zero-order chi connectivity index (χ0) is 22.2. The molecule has 0 bridgehead atoms. The Labute approximate surface area is 186 Å². The average Bonchev–Trinajstić information content (AvgIpc) is 3.20. The van der Waals surface area contributed by atoms with Crippen molar-refractivity contribution in [1.29, 1.82) is 0 Å². The molecule has 0 aliphatic rings. The summed E-state index contributed by atoms with van der Waals surface area (Å²) in [4.78, 5) is 31.8. The van der Waals surface area contributed by atoms with Gasteiger partial charge in [-0.15, -0.1) is 0 Å². The number of unbranched alkanes of at least 4 members (excludes halogenated alkanes) is 1. The van der Waals surface area contributed by atoms with E-state index in [2.05, 4.69) is 34.2 Å². The Hall–Kier alpha value is -2.71. The maximum Gasteiger partial charge on any atom is 0.267 e. The zero-order valence-electron chi connectivity index (χ0n) is 17.9. The maximum absolute atomic E-state index is 13.0. The van der Waals surface area contributed by atoms with Crippen LogP contribution in [0.5, 0.6) is 0 Å². The molecule has 8 nitrogen and oxygen atoms in total. The van der Waals surface area contributed by atoms with Crippen LogP contribution >= 0.6 is 11.6 Å². The van der Waals surface area contributed by atoms with Gasteiger partial charge in [-0.1, -0.05) is 49.2 Å². The fraction of sp³-hybridized carbons (Fsp3) is 0.455. The van der Waals surface area contributed by atoms with Gasteiger partial charge in [-0.05, 0) is 44.6 Å². The van der Waals surface area contributed by atoms with E-state index in [4.69, 9.17) is 16.1 Å². The molecule has 166 valence electrons. The molecule has 2 aromatic heterocycles. The molecule has 0 spiro atoms. The lowest BCUT2D eigenvalue weighted by atomic mass is 10.1. The van der Waals surface area contributed by atoms with Gasteiger partial charge >= 0.3 is 0 Å². The molecule has 0 radical (unpaired) electrons. The minimum Gasteiger partial charge on any atom is -0.354 e. The van der Waals surface area contributed by atoms with Crippen molar-refractivity contribution in [2.45, 2.75) is 39.7 Å². The van der Waals surface area contributed by atoms with Crippen LogP contribution in [0.3, 0.4) is 0 Å². The number of benzene rings is 1. The molecule has 3 aromatic rings. The van der Waals surface area contributed by atoms with Crippen molar-refractivity contribution in [1.82, 2.24) is 24.9 Å². The van der Waals surface area contributed by atoms with Gasteiger partial charge in [-0.2, -0.15) is 0 Å². The van der Waals surface area contributed by atoms with Crippen LogP contribution < -0.4 is 10.9 Å². The highest BCUT2D eigenvalue weighted by Crippen LogP contribution is 2.25. The van der Waals surface area contributed by atoms with Crippen LogP contribution in [-0.2, 0) is 11.3 Å². The van der Waals surface area contributed by atoms with Gasteiger partial charge in [0.2, 0.25) is 5.91 Å². The predicted octanol–water partition coefficient (Wildman–Crippen LogP) is 3.33. The van der Waals surface area contributed by atoms with Crippen LogP contribution in [0.2, 0.25) is 5.02 Å². The van der Waals surface area contributed by atoms with Gasteiger partial charge in [0.1, 0.15) is 24.0 Å². The van der Waals surface area contributed by atoms with E-state index in [1.54, 1.807) is 24.3 Å². The number of halogens is 1. The van der Waals surface area contributed by atoms with Gasteiger partial charge in [0.15, 0.2) is 0 Å². The third kappa shape index (κ3) is 5.92. The van der Waals surface area contributed by atoms with E-state index < -0.39 is 0 Å². The second kappa shape index (κ2) is 11.1. The second-order valence-corrected chi connectivity index (χ2v) is 7.82. The molecule has 0 aliphatic heterocycles. The summed E-state index contributed by atoms with van der Waals surface area (Å²) in [6, 6.07) is 6.93. The monoisotopic (exact) mass is 445 g/mol. The fourth-order valence-electron chi connectivity index (χ4n) is 3.35. The van der Waals surface area contributed by atoms with Crippen LogP contribution in [0, 0.1) is 0 Å².